The van der Waals surface area contributed by atoms with Crippen LogP contribution in [-0.2, 0) is 50.8 Å². The second-order valence-electron chi connectivity index (χ2n) is 20.4. The molecule has 0 radical (unpaired) electrons. The molecule has 5 unspecified atom stereocenters. The SMILES string of the molecule is CCCCC(CC)CSSCCOC(=O)CCN(CCC(=O)OCCSSCC(CC)CCCC)CCN(C)CCN(CCC(=O)OCC[SH2+])CCC(=O)OCCSSCC(CCCC)CCC(C)C(CS)CCCC. The minimum Gasteiger partial charge on any atom is -0.465 e. The van der Waals surface area contributed by atoms with Crippen LogP contribution < -0.4 is 0 Å². The number of likely N-dealkylation sites (N-methyl/N-ethyl adjacent to an activating group) is 1. The summed E-state index contributed by atoms with van der Waals surface area (Å²) in [4.78, 5) is 57.8. The zero-order chi connectivity index (χ0) is 56.3. The lowest BCUT2D eigenvalue weighted by Crippen LogP contribution is -2.40. The first-order valence-corrected chi connectivity index (χ1v) is 38.4. The van der Waals surface area contributed by atoms with Crippen molar-refractivity contribution in [3.63, 3.8) is 0 Å². The highest BCUT2D eigenvalue weighted by molar-refractivity contribution is 8.77. The van der Waals surface area contributed by atoms with Crippen molar-refractivity contribution in [2.45, 2.75) is 177 Å². The van der Waals surface area contributed by atoms with E-state index in [9.17, 15) is 19.2 Å². The predicted molar refractivity (Wildman–Crippen MR) is 347 cm³/mol. The van der Waals surface area contributed by atoms with Gasteiger partial charge in [-0.05, 0) is 87.1 Å². The van der Waals surface area contributed by atoms with Gasteiger partial charge in [0.2, 0.25) is 0 Å². The van der Waals surface area contributed by atoms with E-state index in [1.807, 2.05) is 32.4 Å². The number of hydrogen-bond donors (Lipinski definition) is 1. The number of carbonyl (C=O) groups is 4. The summed E-state index contributed by atoms with van der Waals surface area (Å²) in [6.07, 6.45) is 21.1. The van der Waals surface area contributed by atoms with Crippen molar-refractivity contribution in [2.24, 2.45) is 29.6 Å². The highest BCUT2D eigenvalue weighted by Crippen LogP contribution is 2.32. The summed E-state index contributed by atoms with van der Waals surface area (Å²) in [5.74, 6) is 9.92. The number of ether oxygens (including phenoxy) is 4. The molecule has 0 heterocycles. The Morgan fingerprint density at radius 2 is 0.816 bits per heavy atom. The number of carbonyl (C=O) groups excluding carboxylic acids is 4. The molecule has 5 atom stereocenters. The Morgan fingerprint density at radius 3 is 1.17 bits per heavy atom. The minimum atomic E-state index is -0.261. The van der Waals surface area contributed by atoms with Gasteiger partial charge in [0.05, 0.1) is 25.7 Å². The van der Waals surface area contributed by atoms with Gasteiger partial charge in [-0.1, -0.05) is 184 Å². The summed E-state index contributed by atoms with van der Waals surface area (Å²) in [7, 11) is 13.1. The van der Waals surface area contributed by atoms with Gasteiger partial charge in [0.25, 0.3) is 0 Å². The zero-order valence-corrected chi connectivity index (χ0v) is 56.0. The van der Waals surface area contributed by atoms with Crippen molar-refractivity contribution in [1.82, 2.24) is 14.7 Å². The van der Waals surface area contributed by atoms with Crippen molar-refractivity contribution in [2.75, 3.05) is 132 Å². The van der Waals surface area contributed by atoms with Gasteiger partial charge in [-0.25, -0.2) is 0 Å². The number of unbranched alkanes of at least 4 members (excludes halogenated alkanes) is 4. The molecule has 0 aliphatic rings. The molecule has 0 fully saturated rings. The van der Waals surface area contributed by atoms with Crippen LogP contribution >= 0.6 is 77.4 Å². The summed E-state index contributed by atoms with van der Waals surface area (Å²) in [6.45, 7) is 22.1. The van der Waals surface area contributed by atoms with Crippen molar-refractivity contribution in [3.8, 4) is 0 Å². The Bertz CT molecular complexity index is 1330. The van der Waals surface area contributed by atoms with E-state index in [-0.39, 0.29) is 49.6 Å². The van der Waals surface area contributed by atoms with Crippen molar-refractivity contribution in [1.29, 1.82) is 0 Å². The first-order valence-electron chi connectivity index (χ1n) is 29.6. The fourth-order valence-corrected chi connectivity index (χ4v) is 16.1. The van der Waals surface area contributed by atoms with E-state index < -0.39 is 0 Å². The standard InChI is InChI=1S/C57H111N3O8S8/c1-9-15-19-50(13-5)46-74-71-42-38-66-55(62)27-31-60(32-28-56(63)67-39-43-72-75-47-51(14-6)20-16-10-2)36-34-58(8)33-35-59(29-25-54(61)65-37-41-69)30-26-57(64)68-40-44-73-76-48-52(21-17-11-3)24-23-49(7)53(45-70)22-18-12-4/h49-53,69-70H,9-48H2,1-8H3/p+1. The van der Waals surface area contributed by atoms with Gasteiger partial charge in [-0.2, -0.15) is 12.6 Å². The predicted octanol–water partition coefficient (Wildman–Crippen LogP) is 13.8. The molecule has 0 spiro atoms. The summed E-state index contributed by atoms with van der Waals surface area (Å²) in [6, 6.07) is 0. The second-order valence-corrected chi connectivity index (χ2v) is 29.2. The van der Waals surface area contributed by atoms with E-state index in [2.05, 4.69) is 95.5 Å². The molecule has 0 bridgehead atoms. The number of nitrogens with zero attached hydrogens (tertiary/aromatic N) is 3. The molecule has 76 heavy (non-hydrogen) atoms. The lowest BCUT2D eigenvalue weighted by molar-refractivity contribution is -0.145. The lowest BCUT2D eigenvalue weighted by Gasteiger charge is -2.27. The van der Waals surface area contributed by atoms with Crippen LogP contribution in [0.1, 0.15) is 177 Å². The van der Waals surface area contributed by atoms with Crippen molar-refractivity contribution < 1.29 is 38.1 Å². The fraction of sp³-hybridized carbons (Fsp3) is 0.930. The summed E-state index contributed by atoms with van der Waals surface area (Å²) in [5, 5.41) is 0. The smallest absolute Gasteiger partial charge is 0.307 e. The number of hydrogen-bond acceptors (Lipinski definition) is 18. The molecular weight excluding hydrogens is 1110 g/mol. The van der Waals surface area contributed by atoms with E-state index in [1.54, 1.807) is 32.4 Å². The maximum absolute atomic E-state index is 13.0. The third-order valence-corrected chi connectivity index (χ3v) is 22.2. The van der Waals surface area contributed by atoms with Crippen molar-refractivity contribution in [3.05, 3.63) is 0 Å². The van der Waals surface area contributed by atoms with Crippen molar-refractivity contribution >= 4 is 114 Å². The molecule has 0 amide bonds. The van der Waals surface area contributed by atoms with Gasteiger partial charge in [-0.3, -0.25) is 19.2 Å². The van der Waals surface area contributed by atoms with Crippen LogP contribution in [0.3, 0.4) is 0 Å². The number of thiol groups is 1. The van der Waals surface area contributed by atoms with E-state index in [4.69, 9.17) is 18.9 Å². The van der Waals surface area contributed by atoms with Crippen LogP contribution in [-0.4, -0.2) is 170 Å². The van der Waals surface area contributed by atoms with Gasteiger partial charge in [0.15, 0.2) is 0 Å². The van der Waals surface area contributed by atoms with Crippen LogP contribution in [0.15, 0.2) is 0 Å². The molecule has 0 rings (SSSR count). The molecule has 0 aromatic carbocycles. The Balaban J connectivity index is 5.25. The van der Waals surface area contributed by atoms with E-state index in [0.717, 1.165) is 52.1 Å². The third-order valence-electron chi connectivity index (χ3n) is 14.0. The zero-order valence-electron chi connectivity index (χ0n) is 49.2. The summed E-state index contributed by atoms with van der Waals surface area (Å²) >= 11 is 8.06. The second kappa shape index (κ2) is 56.1. The molecule has 450 valence electrons. The quantitative estimate of drug-likeness (QED) is 0.0155. The Labute approximate surface area is 501 Å². The molecule has 0 aliphatic carbocycles. The van der Waals surface area contributed by atoms with Gasteiger partial charge >= 0.3 is 23.9 Å². The molecule has 0 saturated carbocycles. The van der Waals surface area contributed by atoms with E-state index in [0.29, 0.717) is 102 Å². The lowest BCUT2D eigenvalue weighted by atomic mass is 9.85. The maximum atomic E-state index is 13.0. The average Bonchev–Trinajstić information content (AvgIpc) is 3.42. The third kappa shape index (κ3) is 47.1. The monoisotopic (exact) mass is 1220 g/mol. The minimum absolute atomic E-state index is 0.223. The van der Waals surface area contributed by atoms with Crippen LogP contribution in [0, 0.1) is 29.6 Å². The molecule has 0 aliphatic heterocycles. The largest absolute Gasteiger partial charge is 0.465 e. The Hall–Kier alpha value is 0.560. The normalized spacial score (nSPS) is 13.8. The van der Waals surface area contributed by atoms with Crippen LogP contribution in [0.25, 0.3) is 0 Å². The van der Waals surface area contributed by atoms with Gasteiger partial charge < -0.3 is 33.6 Å². The fourth-order valence-electron chi connectivity index (χ4n) is 8.39. The first-order chi connectivity index (χ1) is 36.9. The molecule has 0 saturated heterocycles. The highest BCUT2D eigenvalue weighted by Gasteiger charge is 2.20. The van der Waals surface area contributed by atoms with Gasteiger partial charge in [0, 0.05) is 86.9 Å². The first kappa shape index (κ1) is 76.6. The molecule has 0 aromatic heterocycles. The van der Waals surface area contributed by atoms with E-state index in [1.165, 1.54) is 103 Å². The molecule has 11 nitrogen and oxygen atoms in total. The topological polar surface area (TPSA) is 115 Å². The highest BCUT2D eigenvalue weighted by atomic mass is 33.1. The maximum Gasteiger partial charge on any atom is 0.307 e. The summed E-state index contributed by atoms with van der Waals surface area (Å²) in [5.41, 5.74) is 0. The summed E-state index contributed by atoms with van der Waals surface area (Å²) < 4.78 is 22.3. The van der Waals surface area contributed by atoms with E-state index >= 15 is 0 Å². The van der Waals surface area contributed by atoms with Crippen LogP contribution in [0.2, 0.25) is 0 Å². The number of esters is 4. The van der Waals surface area contributed by atoms with Gasteiger partial charge in [-0.15, -0.1) is 0 Å². The van der Waals surface area contributed by atoms with Crippen LogP contribution in [0.4, 0.5) is 0 Å². The molecule has 19 heteroatoms. The Morgan fingerprint density at radius 1 is 0.461 bits per heavy atom. The van der Waals surface area contributed by atoms with Crippen LogP contribution in [0.5, 0.6) is 0 Å². The average molecular weight is 1220 g/mol. The molecule has 0 aromatic rings. The van der Waals surface area contributed by atoms with Gasteiger partial charge in [0.1, 0.15) is 32.2 Å². The molecular formula is C57H112N3O8S8+. The Kier molecular flexibility index (Phi) is 56.5. The number of rotatable bonds is 57. The molecule has 0 N–H and O–H groups in total.